The van der Waals surface area contributed by atoms with E-state index in [4.69, 9.17) is 0 Å². The molecule has 1 aromatic carbocycles. The lowest BCUT2D eigenvalue weighted by molar-refractivity contribution is 0.0669. The highest BCUT2D eigenvalue weighted by Gasteiger charge is 2.47. The molecule has 2 aliphatic rings. The monoisotopic (exact) mass is 378 g/mol. The van der Waals surface area contributed by atoms with Crippen LogP contribution < -0.4 is 4.31 Å². The first-order valence-electron chi connectivity index (χ1n) is 8.04. The van der Waals surface area contributed by atoms with Crippen LogP contribution in [0.15, 0.2) is 29.6 Å². The summed E-state index contributed by atoms with van der Waals surface area (Å²) in [6, 6.07) is 7.70. The van der Waals surface area contributed by atoms with Crippen LogP contribution in [0, 0.1) is 0 Å². The van der Waals surface area contributed by atoms with Crippen LogP contribution in [-0.4, -0.2) is 54.7 Å². The number of anilines is 1. The Labute approximate surface area is 150 Å². The standard InChI is InChI=1S/C16H18N4O3S2/c1-25(22,23)20-11-16(12-4-2-3-5-14(12)20)6-8-19(9-7-16)15(21)13-10-24-18-17-13/h2-5,10H,6-9,11H2,1H3. The van der Waals surface area contributed by atoms with Gasteiger partial charge in [0.25, 0.3) is 5.91 Å². The third-order valence-electron chi connectivity index (χ3n) is 5.18. The van der Waals surface area contributed by atoms with Gasteiger partial charge in [-0.2, -0.15) is 0 Å². The summed E-state index contributed by atoms with van der Waals surface area (Å²) >= 11 is 1.16. The van der Waals surface area contributed by atoms with Crippen molar-refractivity contribution < 1.29 is 13.2 Å². The molecule has 0 saturated carbocycles. The number of rotatable bonds is 2. The number of piperidine rings is 1. The molecule has 0 unspecified atom stereocenters. The van der Waals surface area contributed by atoms with Crippen LogP contribution in [0.2, 0.25) is 0 Å². The Kier molecular flexibility index (Phi) is 3.80. The number of fused-ring (bicyclic) bond motifs is 2. The van der Waals surface area contributed by atoms with Crippen LogP contribution in [0.3, 0.4) is 0 Å². The van der Waals surface area contributed by atoms with E-state index in [1.807, 2.05) is 24.3 Å². The molecule has 0 bridgehead atoms. The van der Waals surface area contributed by atoms with Crippen LogP contribution >= 0.6 is 11.5 Å². The summed E-state index contributed by atoms with van der Waals surface area (Å²) < 4.78 is 29.6. The maximum atomic E-state index is 12.5. The van der Waals surface area contributed by atoms with Gasteiger partial charge in [0.2, 0.25) is 10.0 Å². The van der Waals surface area contributed by atoms with Gasteiger partial charge in [0, 0.05) is 30.4 Å². The number of hydrogen-bond acceptors (Lipinski definition) is 6. The molecule has 7 nitrogen and oxygen atoms in total. The van der Waals surface area contributed by atoms with Gasteiger partial charge in [-0.25, -0.2) is 8.42 Å². The zero-order valence-electron chi connectivity index (χ0n) is 13.8. The molecule has 3 heterocycles. The molecule has 2 aromatic rings. The molecule has 1 fully saturated rings. The second kappa shape index (κ2) is 5.77. The second-order valence-electron chi connectivity index (χ2n) is 6.65. The Hall–Kier alpha value is -2.00. The normalized spacial score (nSPS) is 19.2. The van der Waals surface area contributed by atoms with Crippen LogP contribution in [-0.2, 0) is 15.4 Å². The molecule has 0 atom stereocenters. The summed E-state index contributed by atoms with van der Waals surface area (Å²) in [4.78, 5) is 14.2. The number of nitrogens with zero attached hydrogens (tertiary/aromatic N) is 4. The number of aromatic nitrogens is 2. The predicted molar refractivity (Wildman–Crippen MR) is 95.4 cm³/mol. The Morgan fingerprint density at radius 3 is 2.60 bits per heavy atom. The van der Waals surface area contributed by atoms with E-state index in [0.29, 0.717) is 25.3 Å². The average molecular weight is 378 g/mol. The van der Waals surface area contributed by atoms with Gasteiger partial charge < -0.3 is 4.90 Å². The molecule has 0 radical (unpaired) electrons. The van der Waals surface area contributed by atoms with Gasteiger partial charge in [0.1, 0.15) is 0 Å². The first kappa shape index (κ1) is 16.5. The van der Waals surface area contributed by atoms with Crippen LogP contribution in [0.25, 0.3) is 0 Å². The van der Waals surface area contributed by atoms with E-state index >= 15 is 0 Å². The van der Waals surface area contributed by atoms with Crippen molar-refractivity contribution in [3.05, 3.63) is 40.9 Å². The van der Waals surface area contributed by atoms with Gasteiger partial charge in [-0.05, 0) is 36.0 Å². The van der Waals surface area contributed by atoms with E-state index in [2.05, 4.69) is 9.59 Å². The SMILES string of the molecule is CS(=O)(=O)N1CC2(CCN(C(=O)c3csnn3)CC2)c2ccccc21. The summed E-state index contributed by atoms with van der Waals surface area (Å²) in [5.74, 6) is -0.102. The topological polar surface area (TPSA) is 83.5 Å². The number of amides is 1. The summed E-state index contributed by atoms with van der Waals surface area (Å²) in [7, 11) is -3.32. The fourth-order valence-electron chi connectivity index (χ4n) is 3.87. The van der Waals surface area contributed by atoms with Crippen LogP contribution in [0.4, 0.5) is 5.69 Å². The largest absolute Gasteiger partial charge is 0.337 e. The summed E-state index contributed by atoms with van der Waals surface area (Å²) in [5, 5.41) is 5.51. The van der Waals surface area contributed by atoms with Crippen molar-refractivity contribution in [3.8, 4) is 0 Å². The molecule has 1 spiro atoms. The van der Waals surface area contributed by atoms with E-state index in [9.17, 15) is 13.2 Å². The number of carbonyl (C=O) groups excluding carboxylic acids is 1. The minimum atomic E-state index is -3.32. The summed E-state index contributed by atoms with van der Waals surface area (Å²) in [5.41, 5.74) is 2.00. The van der Waals surface area contributed by atoms with E-state index in [-0.39, 0.29) is 11.3 Å². The smallest absolute Gasteiger partial charge is 0.275 e. The third kappa shape index (κ3) is 2.71. The Morgan fingerprint density at radius 1 is 1.24 bits per heavy atom. The first-order valence-corrected chi connectivity index (χ1v) is 10.7. The second-order valence-corrected chi connectivity index (χ2v) is 9.17. The minimum absolute atomic E-state index is 0.102. The third-order valence-corrected chi connectivity index (χ3v) is 6.81. The molecular weight excluding hydrogens is 360 g/mol. The molecule has 2 aliphatic heterocycles. The lowest BCUT2D eigenvalue weighted by Gasteiger charge is -2.39. The van der Waals surface area contributed by atoms with Crippen molar-refractivity contribution in [2.45, 2.75) is 18.3 Å². The first-order chi connectivity index (χ1) is 11.9. The number of hydrogen-bond donors (Lipinski definition) is 0. The maximum absolute atomic E-state index is 12.5. The van der Waals surface area contributed by atoms with E-state index < -0.39 is 10.0 Å². The van der Waals surface area contributed by atoms with Crippen LogP contribution in [0.1, 0.15) is 28.9 Å². The van der Waals surface area contributed by atoms with Crippen molar-refractivity contribution in [2.24, 2.45) is 0 Å². The van der Waals surface area contributed by atoms with Crippen molar-refractivity contribution in [1.29, 1.82) is 0 Å². The number of likely N-dealkylation sites (tertiary alicyclic amines) is 1. The molecule has 0 aliphatic carbocycles. The quantitative estimate of drug-likeness (QED) is 0.791. The van der Waals surface area contributed by atoms with E-state index in [1.54, 1.807) is 10.3 Å². The molecule has 0 N–H and O–H groups in total. The Morgan fingerprint density at radius 2 is 1.96 bits per heavy atom. The highest BCUT2D eigenvalue weighted by Crippen LogP contribution is 2.47. The molecule has 1 saturated heterocycles. The highest BCUT2D eigenvalue weighted by atomic mass is 32.2. The lowest BCUT2D eigenvalue weighted by Crippen LogP contribution is -2.47. The van der Waals surface area contributed by atoms with Crippen molar-refractivity contribution in [3.63, 3.8) is 0 Å². The zero-order valence-corrected chi connectivity index (χ0v) is 15.4. The number of para-hydroxylation sites is 1. The zero-order chi connectivity index (χ0) is 17.7. The fraction of sp³-hybridized carbons (Fsp3) is 0.438. The molecule has 1 amide bonds. The summed E-state index contributed by atoms with van der Waals surface area (Å²) in [6.45, 7) is 1.62. The average Bonchev–Trinajstić information content (AvgIpc) is 3.23. The predicted octanol–water partition coefficient (Wildman–Crippen LogP) is 1.49. The number of carbonyl (C=O) groups is 1. The Balaban J connectivity index is 1.60. The molecule has 9 heteroatoms. The molecule has 132 valence electrons. The van der Waals surface area contributed by atoms with Crippen molar-refractivity contribution in [2.75, 3.05) is 30.2 Å². The number of sulfonamides is 1. The summed E-state index contributed by atoms with van der Waals surface area (Å²) in [6.07, 6.45) is 2.72. The van der Waals surface area contributed by atoms with Crippen molar-refractivity contribution >= 4 is 33.2 Å². The van der Waals surface area contributed by atoms with Gasteiger partial charge >= 0.3 is 0 Å². The Bertz CT molecular complexity index is 903. The molecule has 4 rings (SSSR count). The van der Waals surface area contributed by atoms with Crippen LogP contribution in [0.5, 0.6) is 0 Å². The van der Waals surface area contributed by atoms with Gasteiger partial charge in [-0.3, -0.25) is 9.10 Å². The fourth-order valence-corrected chi connectivity index (χ4v) is 5.29. The maximum Gasteiger partial charge on any atom is 0.275 e. The lowest BCUT2D eigenvalue weighted by atomic mass is 9.74. The molecule has 25 heavy (non-hydrogen) atoms. The van der Waals surface area contributed by atoms with Gasteiger partial charge in [-0.1, -0.05) is 22.7 Å². The highest BCUT2D eigenvalue weighted by molar-refractivity contribution is 7.92. The van der Waals surface area contributed by atoms with E-state index in [1.165, 1.54) is 10.6 Å². The van der Waals surface area contributed by atoms with Gasteiger partial charge in [-0.15, -0.1) is 5.10 Å². The van der Waals surface area contributed by atoms with Gasteiger partial charge in [0.15, 0.2) is 5.69 Å². The van der Waals surface area contributed by atoms with Gasteiger partial charge in [0.05, 0.1) is 11.9 Å². The minimum Gasteiger partial charge on any atom is -0.337 e. The van der Waals surface area contributed by atoms with E-state index in [0.717, 1.165) is 35.6 Å². The molecule has 1 aromatic heterocycles. The van der Waals surface area contributed by atoms with Crippen molar-refractivity contribution in [1.82, 2.24) is 14.5 Å². The molecular formula is C16H18N4O3S2. The number of benzene rings is 1.